The van der Waals surface area contributed by atoms with E-state index in [0.717, 1.165) is 11.1 Å². The number of nitrogens with one attached hydrogen (secondary N) is 1. The molecule has 0 saturated carbocycles. The van der Waals surface area contributed by atoms with Gasteiger partial charge in [0.15, 0.2) is 0 Å². The molecule has 1 aromatic heterocycles. The number of aromatic carboxylic acids is 1. The lowest BCUT2D eigenvalue weighted by atomic mass is 10.1. The Kier molecular flexibility index (Phi) is 5.61. The maximum atomic E-state index is 12.4. The van der Waals surface area contributed by atoms with E-state index in [9.17, 15) is 14.9 Å². The number of anilines is 1. The summed E-state index contributed by atoms with van der Waals surface area (Å²) in [5, 5.41) is 21.2. The van der Waals surface area contributed by atoms with Crippen molar-refractivity contribution in [3.8, 4) is 17.4 Å². The van der Waals surface area contributed by atoms with E-state index in [1.54, 1.807) is 30.3 Å². The summed E-state index contributed by atoms with van der Waals surface area (Å²) in [5.74, 6) is -0.825. The zero-order valence-electron chi connectivity index (χ0n) is 15.9. The number of hydrogen-bond donors (Lipinski definition) is 2. The number of hydrogen-bond acceptors (Lipinski definition) is 4. The van der Waals surface area contributed by atoms with Gasteiger partial charge in [-0.1, -0.05) is 18.2 Å². The molecular formula is C23H18N2O4. The van der Waals surface area contributed by atoms with Crippen LogP contribution in [0.4, 0.5) is 5.69 Å². The third-order valence-corrected chi connectivity index (χ3v) is 4.44. The number of amides is 1. The van der Waals surface area contributed by atoms with Crippen LogP contribution in [0.3, 0.4) is 0 Å². The monoisotopic (exact) mass is 386 g/mol. The van der Waals surface area contributed by atoms with Crippen LogP contribution in [0.1, 0.15) is 27.2 Å². The van der Waals surface area contributed by atoms with Crippen molar-refractivity contribution in [1.82, 2.24) is 0 Å². The van der Waals surface area contributed by atoms with Crippen molar-refractivity contribution in [2.45, 2.75) is 13.8 Å². The number of nitrogens with zero attached hydrogens (tertiary/aromatic N) is 1. The molecule has 29 heavy (non-hydrogen) atoms. The van der Waals surface area contributed by atoms with Gasteiger partial charge in [0.1, 0.15) is 23.2 Å². The zero-order chi connectivity index (χ0) is 21.0. The SMILES string of the molecule is Cc1ccc(NC(=O)/C(C#N)=C/c2ccc(-c3cccc(C(=O)O)c3)o2)cc1C. The number of carboxylic acids is 1. The molecule has 0 unspecified atom stereocenters. The second-order valence-electron chi connectivity index (χ2n) is 6.51. The van der Waals surface area contributed by atoms with Gasteiger partial charge in [-0.15, -0.1) is 0 Å². The first-order valence-electron chi connectivity index (χ1n) is 8.81. The maximum absolute atomic E-state index is 12.4. The van der Waals surface area contributed by atoms with Crippen molar-refractivity contribution in [3.63, 3.8) is 0 Å². The molecule has 0 spiro atoms. The molecule has 6 heteroatoms. The van der Waals surface area contributed by atoms with Crippen molar-refractivity contribution in [1.29, 1.82) is 5.26 Å². The smallest absolute Gasteiger partial charge is 0.335 e. The number of carboxylic acid groups (broad SMARTS) is 1. The van der Waals surface area contributed by atoms with Crippen LogP contribution < -0.4 is 5.32 Å². The number of nitriles is 1. The molecule has 0 atom stereocenters. The summed E-state index contributed by atoms with van der Waals surface area (Å²) < 4.78 is 5.67. The Morgan fingerprint density at radius 1 is 1.07 bits per heavy atom. The summed E-state index contributed by atoms with van der Waals surface area (Å²) in [4.78, 5) is 23.5. The molecule has 6 nitrogen and oxygen atoms in total. The largest absolute Gasteiger partial charge is 0.478 e. The van der Waals surface area contributed by atoms with Gasteiger partial charge in [-0.2, -0.15) is 5.26 Å². The molecular weight excluding hydrogens is 368 g/mol. The lowest BCUT2D eigenvalue weighted by molar-refractivity contribution is -0.112. The number of benzene rings is 2. The summed E-state index contributed by atoms with van der Waals surface area (Å²) in [6.45, 7) is 3.91. The van der Waals surface area contributed by atoms with Crippen molar-refractivity contribution in [2.75, 3.05) is 5.32 Å². The lowest BCUT2D eigenvalue weighted by Gasteiger charge is -2.06. The van der Waals surface area contributed by atoms with E-state index in [1.807, 2.05) is 32.0 Å². The molecule has 2 N–H and O–H groups in total. The van der Waals surface area contributed by atoms with Gasteiger partial charge in [0.2, 0.25) is 0 Å². The number of furan rings is 1. The van der Waals surface area contributed by atoms with Crippen LogP contribution in [-0.4, -0.2) is 17.0 Å². The standard InChI is InChI=1S/C23H18N2O4/c1-14-6-7-19(10-15(14)2)25-22(26)18(13-24)12-20-8-9-21(29-20)16-4-3-5-17(11-16)23(27)28/h3-12H,1-2H3,(H,25,26)(H,27,28)/b18-12+. The first kappa shape index (κ1) is 19.6. The number of rotatable bonds is 5. The normalized spacial score (nSPS) is 11.0. The van der Waals surface area contributed by atoms with Crippen molar-refractivity contribution < 1.29 is 19.1 Å². The lowest BCUT2D eigenvalue weighted by Crippen LogP contribution is -2.13. The van der Waals surface area contributed by atoms with Gasteiger partial charge in [-0.25, -0.2) is 4.79 Å². The van der Waals surface area contributed by atoms with Crippen LogP contribution in [0.15, 0.2) is 64.6 Å². The third kappa shape index (κ3) is 4.60. The molecule has 1 amide bonds. The van der Waals surface area contributed by atoms with Crippen LogP contribution >= 0.6 is 0 Å². The van der Waals surface area contributed by atoms with E-state index in [-0.39, 0.29) is 11.1 Å². The maximum Gasteiger partial charge on any atom is 0.335 e. The molecule has 0 saturated heterocycles. The van der Waals surface area contributed by atoms with Gasteiger partial charge >= 0.3 is 5.97 Å². The van der Waals surface area contributed by atoms with Gasteiger partial charge in [0.05, 0.1) is 5.56 Å². The van der Waals surface area contributed by atoms with E-state index in [0.29, 0.717) is 22.8 Å². The average molecular weight is 386 g/mol. The average Bonchev–Trinajstić information content (AvgIpc) is 3.17. The highest BCUT2D eigenvalue weighted by molar-refractivity contribution is 6.09. The molecule has 0 radical (unpaired) electrons. The molecule has 3 aromatic rings. The molecule has 144 valence electrons. The molecule has 3 rings (SSSR count). The van der Waals surface area contributed by atoms with Crippen molar-refractivity contribution >= 4 is 23.6 Å². The highest BCUT2D eigenvalue weighted by atomic mass is 16.4. The van der Waals surface area contributed by atoms with E-state index in [1.165, 1.54) is 18.2 Å². The minimum Gasteiger partial charge on any atom is -0.478 e. The first-order chi connectivity index (χ1) is 13.9. The zero-order valence-corrected chi connectivity index (χ0v) is 15.9. The summed E-state index contributed by atoms with van der Waals surface area (Å²) in [6, 6.07) is 17.0. The van der Waals surface area contributed by atoms with Crippen molar-refractivity contribution in [2.24, 2.45) is 0 Å². The number of aryl methyl sites for hydroxylation is 2. The van der Waals surface area contributed by atoms with E-state index >= 15 is 0 Å². The highest BCUT2D eigenvalue weighted by Crippen LogP contribution is 2.24. The minimum atomic E-state index is -1.03. The highest BCUT2D eigenvalue weighted by Gasteiger charge is 2.13. The molecule has 0 bridgehead atoms. The van der Waals surface area contributed by atoms with Crippen LogP contribution in [0.5, 0.6) is 0 Å². The minimum absolute atomic E-state index is 0.108. The predicted molar refractivity (Wildman–Crippen MR) is 109 cm³/mol. The Hall–Kier alpha value is -4.11. The van der Waals surface area contributed by atoms with Gasteiger partial charge in [-0.3, -0.25) is 4.79 Å². The quantitative estimate of drug-likeness (QED) is 0.484. The van der Waals surface area contributed by atoms with Gasteiger partial charge in [0, 0.05) is 17.3 Å². The Balaban J connectivity index is 1.82. The fourth-order valence-electron chi connectivity index (χ4n) is 2.70. The Morgan fingerprint density at radius 3 is 2.55 bits per heavy atom. The molecule has 1 heterocycles. The second-order valence-corrected chi connectivity index (χ2v) is 6.51. The summed E-state index contributed by atoms with van der Waals surface area (Å²) >= 11 is 0. The third-order valence-electron chi connectivity index (χ3n) is 4.44. The Bertz CT molecular complexity index is 1170. The van der Waals surface area contributed by atoms with Gasteiger partial charge in [-0.05, 0) is 61.4 Å². The topological polar surface area (TPSA) is 103 Å². The molecule has 0 aliphatic carbocycles. The number of carbonyl (C=O) groups is 2. The predicted octanol–water partition coefficient (Wildman–Crippen LogP) is 4.81. The fourth-order valence-corrected chi connectivity index (χ4v) is 2.70. The molecule has 0 fully saturated rings. The van der Waals surface area contributed by atoms with E-state index < -0.39 is 11.9 Å². The molecule has 2 aromatic carbocycles. The van der Waals surface area contributed by atoms with Crippen LogP contribution in [0.2, 0.25) is 0 Å². The Labute approximate surface area is 167 Å². The molecule has 0 aliphatic heterocycles. The van der Waals surface area contributed by atoms with Gasteiger partial charge < -0.3 is 14.8 Å². The van der Waals surface area contributed by atoms with E-state index in [4.69, 9.17) is 9.52 Å². The van der Waals surface area contributed by atoms with Gasteiger partial charge in [0.25, 0.3) is 5.91 Å². The summed E-state index contributed by atoms with van der Waals surface area (Å²) in [5.41, 5.74) is 3.36. The van der Waals surface area contributed by atoms with Crippen LogP contribution in [0.25, 0.3) is 17.4 Å². The Morgan fingerprint density at radius 2 is 1.86 bits per heavy atom. The van der Waals surface area contributed by atoms with Crippen molar-refractivity contribution in [3.05, 3.63) is 82.6 Å². The molecule has 0 aliphatic rings. The second kappa shape index (κ2) is 8.28. The van der Waals surface area contributed by atoms with Crippen LogP contribution in [-0.2, 0) is 4.79 Å². The number of carbonyl (C=O) groups excluding carboxylic acids is 1. The van der Waals surface area contributed by atoms with Crippen LogP contribution in [0, 0.1) is 25.2 Å². The fraction of sp³-hybridized carbons (Fsp3) is 0.0870. The first-order valence-corrected chi connectivity index (χ1v) is 8.81. The summed E-state index contributed by atoms with van der Waals surface area (Å²) in [6.07, 6.45) is 1.35. The summed E-state index contributed by atoms with van der Waals surface area (Å²) in [7, 11) is 0. The van der Waals surface area contributed by atoms with E-state index in [2.05, 4.69) is 5.32 Å².